The summed E-state index contributed by atoms with van der Waals surface area (Å²) in [6, 6.07) is 12.0. The lowest BCUT2D eigenvalue weighted by atomic mass is 9.55. The van der Waals surface area contributed by atoms with E-state index < -0.39 is 47.7 Å². The van der Waals surface area contributed by atoms with Crippen molar-refractivity contribution in [2.24, 2.45) is 17.8 Å². The van der Waals surface area contributed by atoms with E-state index in [0.717, 1.165) is 10.5 Å². The summed E-state index contributed by atoms with van der Waals surface area (Å²) in [6.07, 6.45) is 0.0991. The molecule has 0 radical (unpaired) electrons. The molecule has 168 valence electrons. The van der Waals surface area contributed by atoms with Crippen LogP contribution in [0.3, 0.4) is 0 Å². The molecule has 2 N–H and O–H groups in total. The van der Waals surface area contributed by atoms with Crippen LogP contribution in [-0.4, -0.2) is 34.0 Å². The Morgan fingerprint density at radius 3 is 2.61 bits per heavy atom. The number of aromatic hydroxyl groups is 1. The van der Waals surface area contributed by atoms with Gasteiger partial charge >= 0.3 is 7.12 Å². The molecular formula is C23H21BN2O7. The quantitative estimate of drug-likeness (QED) is 0.320. The van der Waals surface area contributed by atoms with Crippen molar-refractivity contribution in [2.45, 2.75) is 25.9 Å². The molecule has 2 aliphatic heterocycles. The van der Waals surface area contributed by atoms with Gasteiger partial charge in [0, 0.05) is 12.1 Å². The highest BCUT2D eigenvalue weighted by Gasteiger charge is 2.57. The number of non-ortho nitro benzene ring substituents is 1. The van der Waals surface area contributed by atoms with Crippen molar-refractivity contribution in [2.75, 3.05) is 4.90 Å². The van der Waals surface area contributed by atoms with Crippen LogP contribution in [0.5, 0.6) is 5.75 Å². The number of carbonyl (C=O) groups is 2. The number of nitrogens with zero attached hydrogens (tertiary/aromatic N) is 2. The predicted octanol–water partition coefficient (Wildman–Crippen LogP) is 2.92. The summed E-state index contributed by atoms with van der Waals surface area (Å²) in [5.41, 5.74) is 2.06. The number of benzene rings is 2. The Morgan fingerprint density at radius 1 is 1.12 bits per heavy atom. The minimum absolute atomic E-state index is 0.0635. The fraction of sp³-hybridized carbons (Fsp3) is 0.304. The Morgan fingerprint density at radius 2 is 1.88 bits per heavy atom. The van der Waals surface area contributed by atoms with Gasteiger partial charge in [-0.1, -0.05) is 23.8 Å². The van der Waals surface area contributed by atoms with Crippen LogP contribution in [0, 0.1) is 27.9 Å². The molecule has 2 aromatic carbocycles. The number of hydrogen-bond acceptors (Lipinski definition) is 7. The van der Waals surface area contributed by atoms with Gasteiger partial charge in [0.2, 0.25) is 11.8 Å². The zero-order valence-electron chi connectivity index (χ0n) is 17.7. The largest absolute Gasteiger partial charge is 0.508 e. The molecule has 0 saturated carbocycles. The Labute approximate surface area is 189 Å². The number of hydrogen-bond donors (Lipinski definition) is 2. The molecule has 3 aliphatic rings. The molecule has 0 spiro atoms. The first kappa shape index (κ1) is 21.4. The lowest BCUT2D eigenvalue weighted by Crippen LogP contribution is -2.44. The van der Waals surface area contributed by atoms with Gasteiger partial charge < -0.3 is 14.8 Å². The van der Waals surface area contributed by atoms with Gasteiger partial charge in [-0.05, 0) is 54.9 Å². The number of imide groups is 1. The number of rotatable bonds is 3. The van der Waals surface area contributed by atoms with Crippen LogP contribution < -0.4 is 4.90 Å². The molecule has 1 aliphatic carbocycles. The average molecular weight is 448 g/mol. The minimum atomic E-state index is -1.23. The maximum absolute atomic E-state index is 13.5. The highest BCUT2D eigenvalue weighted by molar-refractivity contribution is 6.53. The van der Waals surface area contributed by atoms with Crippen molar-refractivity contribution in [1.29, 1.82) is 0 Å². The molecular weight excluding hydrogens is 427 g/mol. The van der Waals surface area contributed by atoms with E-state index in [-0.39, 0.29) is 17.1 Å². The summed E-state index contributed by atoms with van der Waals surface area (Å²) in [4.78, 5) is 38.5. The minimum Gasteiger partial charge on any atom is -0.508 e. The zero-order chi connectivity index (χ0) is 23.4. The van der Waals surface area contributed by atoms with Gasteiger partial charge in [-0.3, -0.25) is 19.7 Å². The van der Waals surface area contributed by atoms with Crippen molar-refractivity contribution >= 4 is 30.3 Å². The Bertz CT molecular complexity index is 1210. The van der Waals surface area contributed by atoms with E-state index >= 15 is 0 Å². The summed E-state index contributed by atoms with van der Waals surface area (Å²) in [7, 11) is -1.23. The van der Waals surface area contributed by atoms with Crippen LogP contribution in [0.2, 0.25) is 0 Å². The molecule has 2 amide bonds. The summed E-state index contributed by atoms with van der Waals surface area (Å²) >= 11 is 0. The lowest BCUT2D eigenvalue weighted by molar-refractivity contribution is -0.384. The van der Waals surface area contributed by atoms with Crippen LogP contribution >= 0.6 is 0 Å². The van der Waals surface area contributed by atoms with E-state index in [1.54, 1.807) is 18.2 Å². The number of phenolic OH excluding ortho intramolecular Hbond substituents is 1. The normalized spacial score (nSPS) is 27.0. The van der Waals surface area contributed by atoms with Gasteiger partial charge in [0.25, 0.3) is 5.69 Å². The molecule has 10 heteroatoms. The van der Waals surface area contributed by atoms with Gasteiger partial charge in [0.05, 0.1) is 28.6 Å². The summed E-state index contributed by atoms with van der Waals surface area (Å²) in [5, 5.41) is 31.8. The third-order valence-corrected chi connectivity index (χ3v) is 6.90. The molecule has 33 heavy (non-hydrogen) atoms. The second-order valence-corrected chi connectivity index (χ2v) is 8.78. The van der Waals surface area contributed by atoms with Crippen molar-refractivity contribution in [3.8, 4) is 5.75 Å². The van der Waals surface area contributed by atoms with E-state index in [1.807, 2.05) is 6.92 Å². The van der Waals surface area contributed by atoms with Crippen LogP contribution in [0.4, 0.5) is 11.4 Å². The van der Waals surface area contributed by atoms with E-state index in [4.69, 9.17) is 4.65 Å². The van der Waals surface area contributed by atoms with E-state index in [9.17, 15) is 29.8 Å². The second kappa shape index (κ2) is 7.82. The molecule has 2 aromatic rings. The van der Waals surface area contributed by atoms with E-state index in [2.05, 4.69) is 0 Å². The lowest BCUT2D eigenvalue weighted by Gasteiger charge is -2.41. The smallest absolute Gasteiger partial charge is 0.487 e. The SMILES string of the molecule is CC1=C2B(O)O[C@H](c3cccc(O)c3)C[C@H]2[C@H]2C(=O)N(c3cccc([N+](=O)[O-])c3)C(=O)[C@H]2C1. The van der Waals surface area contributed by atoms with Gasteiger partial charge in [0.1, 0.15) is 5.75 Å². The van der Waals surface area contributed by atoms with Crippen molar-refractivity contribution in [1.82, 2.24) is 0 Å². The Hall–Kier alpha value is -3.50. The predicted molar refractivity (Wildman–Crippen MR) is 118 cm³/mol. The van der Waals surface area contributed by atoms with Gasteiger partial charge in [-0.2, -0.15) is 0 Å². The number of anilines is 1. The molecule has 4 atom stereocenters. The summed E-state index contributed by atoms with van der Waals surface area (Å²) < 4.78 is 5.83. The molecule has 2 heterocycles. The number of nitro benzene ring substituents is 1. The maximum Gasteiger partial charge on any atom is 0.487 e. The first-order valence-corrected chi connectivity index (χ1v) is 10.7. The number of allylic oxidation sites excluding steroid dienone is 2. The first-order chi connectivity index (χ1) is 15.8. The fourth-order valence-corrected chi connectivity index (χ4v) is 5.50. The van der Waals surface area contributed by atoms with Crippen molar-refractivity contribution < 1.29 is 29.3 Å². The Balaban J connectivity index is 1.52. The molecule has 2 saturated heterocycles. The van der Waals surface area contributed by atoms with E-state index in [0.29, 0.717) is 23.9 Å². The van der Waals surface area contributed by atoms with Gasteiger partial charge in [0.15, 0.2) is 0 Å². The number of nitro groups is 1. The molecule has 0 bridgehead atoms. The number of fused-ring (bicyclic) bond motifs is 3. The van der Waals surface area contributed by atoms with Gasteiger partial charge in [-0.25, -0.2) is 4.90 Å². The highest BCUT2D eigenvalue weighted by Crippen LogP contribution is 2.52. The fourth-order valence-electron chi connectivity index (χ4n) is 5.50. The summed E-state index contributed by atoms with van der Waals surface area (Å²) in [5.74, 6) is -2.49. The monoisotopic (exact) mass is 448 g/mol. The van der Waals surface area contributed by atoms with Crippen LogP contribution in [-0.2, 0) is 14.2 Å². The standard InChI is InChI=1S/C23H21BN2O7/c1-12-8-18-20(23(29)25(22(18)28)14-5-3-6-15(10-14)26(31)32)17-11-19(33-24(30)21(12)17)13-4-2-7-16(27)9-13/h2-7,9-10,17-20,27,30H,8,11H2,1H3/t17-,18-,19-,20+/m0/s1. The zero-order valence-corrected chi connectivity index (χ0v) is 17.7. The summed E-state index contributed by atoms with van der Waals surface area (Å²) in [6.45, 7) is 1.83. The highest BCUT2D eigenvalue weighted by atomic mass is 16.6. The molecule has 5 rings (SSSR count). The molecule has 9 nitrogen and oxygen atoms in total. The van der Waals surface area contributed by atoms with Crippen LogP contribution in [0.1, 0.15) is 31.4 Å². The van der Waals surface area contributed by atoms with Crippen LogP contribution in [0.15, 0.2) is 59.6 Å². The average Bonchev–Trinajstić information content (AvgIpc) is 3.03. The third-order valence-electron chi connectivity index (χ3n) is 6.90. The Kier molecular flexibility index (Phi) is 5.06. The second-order valence-electron chi connectivity index (χ2n) is 8.78. The molecule has 0 unspecified atom stereocenters. The molecule has 0 aromatic heterocycles. The van der Waals surface area contributed by atoms with Crippen molar-refractivity contribution in [3.05, 3.63) is 75.3 Å². The number of amides is 2. The number of phenols is 1. The first-order valence-electron chi connectivity index (χ1n) is 10.7. The van der Waals surface area contributed by atoms with Gasteiger partial charge in [-0.15, -0.1) is 0 Å². The van der Waals surface area contributed by atoms with Crippen LogP contribution in [0.25, 0.3) is 0 Å². The third kappa shape index (κ3) is 3.42. The van der Waals surface area contributed by atoms with E-state index in [1.165, 1.54) is 30.3 Å². The number of carbonyl (C=O) groups excluding carboxylic acids is 2. The maximum atomic E-state index is 13.5. The van der Waals surface area contributed by atoms with Crippen molar-refractivity contribution in [3.63, 3.8) is 0 Å². The molecule has 2 fully saturated rings. The topological polar surface area (TPSA) is 130 Å².